The van der Waals surface area contributed by atoms with E-state index in [1.54, 1.807) is 0 Å². The lowest BCUT2D eigenvalue weighted by Gasteiger charge is -2.25. The fourth-order valence-electron chi connectivity index (χ4n) is 2.24. The Bertz CT molecular complexity index is 220. The first-order valence-electron chi connectivity index (χ1n) is 6.24. The van der Waals surface area contributed by atoms with Crippen molar-refractivity contribution in [3.63, 3.8) is 0 Å². The van der Waals surface area contributed by atoms with E-state index in [0.29, 0.717) is 12.5 Å². The summed E-state index contributed by atoms with van der Waals surface area (Å²) in [6.45, 7) is 2.98. The number of hydrogen-bond acceptors (Lipinski definition) is 3. The number of nitrogens with one attached hydrogen (secondary N) is 1. The van der Waals surface area contributed by atoms with E-state index in [2.05, 4.69) is 17.3 Å². The Hall–Kier alpha value is -0.610. The van der Waals surface area contributed by atoms with E-state index >= 15 is 0 Å². The van der Waals surface area contributed by atoms with Gasteiger partial charge in [0, 0.05) is 26.1 Å². The summed E-state index contributed by atoms with van der Waals surface area (Å²) in [4.78, 5) is 16.0. The maximum atomic E-state index is 11.8. The monoisotopic (exact) mass is 227 g/mol. The third kappa shape index (κ3) is 4.10. The van der Waals surface area contributed by atoms with E-state index in [1.165, 1.54) is 19.4 Å². The fourth-order valence-corrected chi connectivity index (χ4v) is 2.24. The van der Waals surface area contributed by atoms with Crippen LogP contribution in [0.2, 0.25) is 0 Å². The van der Waals surface area contributed by atoms with Gasteiger partial charge < -0.3 is 15.1 Å². The molecule has 16 heavy (non-hydrogen) atoms. The highest BCUT2D eigenvalue weighted by molar-refractivity contribution is 5.75. The van der Waals surface area contributed by atoms with Crippen molar-refractivity contribution in [2.45, 2.75) is 31.7 Å². The van der Waals surface area contributed by atoms with Crippen LogP contribution in [0.25, 0.3) is 0 Å². The van der Waals surface area contributed by atoms with Crippen LogP contribution in [-0.4, -0.2) is 62.5 Å². The number of likely N-dealkylation sites (tertiary alicyclic amines) is 1. The molecule has 0 radical (unpaired) electrons. The highest BCUT2D eigenvalue weighted by atomic mass is 16.2. The number of carbonyl (C=O) groups excluding carboxylic acids is 1. The molecule has 1 rings (SSSR count). The molecule has 4 nitrogen and oxygen atoms in total. The summed E-state index contributed by atoms with van der Waals surface area (Å²) >= 11 is 0. The predicted molar refractivity (Wildman–Crippen MR) is 66.4 cm³/mol. The Kier molecular flexibility index (Phi) is 5.77. The van der Waals surface area contributed by atoms with E-state index in [9.17, 15) is 4.79 Å². The van der Waals surface area contributed by atoms with Gasteiger partial charge in [0.05, 0.1) is 0 Å². The summed E-state index contributed by atoms with van der Waals surface area (Å²) in [7, 11) is 5.99. The van der Waals surface area contributed by atoms with Crippen LogP contribution in [-0.2, 0) is 4.79 Å². The lowest BCUT2D eigenvalue weighted by molar-refractivity contribution is -0.130. The second-order valence-electron chi connectivity index (χ2n) is 4.76. The topological polar surface area (TPSA) is 35.6 Å². The summed E-state index contributed by atoms with van der Waals surface area (Å²) in [6.07, 6.45) is 4.08. The minimum absolute atomic E-state index is 0.274. The normalized spacial score (nSPS) is 21.3. The molecule has 1 heterocycles. The van der Waals surface area contributed by atoms with Gasteiger partial charge >= 0.3 is 0 Å². The molecule has 1 N–H and O–H groups in total. The van der Waals surface area contributed by atoms with E-state index in [4.69, 9.17) is 0 Å². The van der Waals surface area contributed by atoms with E-state index in [-0.39, 0.29) is 5.91 Å². The van der Waals surface area contributed by atoms with Crippen molar-refractivity contribution in [1.29, 1.82) is 0 Å². The molecule has 1 aliphatic heterocycles. The van der Waals surface area contributed by atoms with Crippen molar-refractivity contribution in [2.75, 3.05) is 40.8 Å². The van der Waals surface area contributed by atoms with Gasteiger partial charge in [0.1, 0.15) is 0 Å². The minimum Gasteiger partial charge on any atom is -0.344 e. The van der Waals surface area contributed by atoms with Crippen molar-refractivity contribution in [3.05, 3.63) is 0 Å². The zero-order valence-corrected chi connectivity index (χ0v) is 10.8. The lowest BCUT2D eigenvalue weighted by atomic mass is 10.2. The molecule has 1 amide bonds. The predicted octanol–water partition coefficient (Wildman–Crippen LogP) is 0.539. The van der Waals surface area contributed by atoms with Crippen LogP contribution in [0.5, 0.6) is 0 Å². The van der Waals surface area contributed by atoms with Crippen LogP contribution in [0.15, 0.2) is 0 Å². The molecule has 1 atom stereocenters. The molecule has 0 saturated carbocycles. The van der Waals surface area contributed by atoms with E-state index < -0.39 is 0 Å². The Morgan fingerprint density at radius 1 is 1.56 bits per heavy atom. The molecule has 1 aliphatic rings. The van der Waals surface area contributed by atoms with Crippen molar-refractivity contribution in [2.24, 2.45) is 0 Å². The molecule has 94 valence electrons. The zero-order valence-electron chi connectivity index (χ0n) is 10.8. The molecular weight excluding hydrogens is 202 g/mol. The molecule has 0 aromatic rings. The molecule has 0 aliphatic carbocycles. The Morgan fingerprint density at radius 2 is 2.31 bits per heavy atom. The quantitative estimate of drug-likeness (QED) is 0.673. The van der Waals surface area contributed by atoms with Gasteiger partial charge in [-0.05, 0) is 46.4 Å². The zero-order chi connectivity index (χ0) is 12.0. The largest absolute Gasteiger partial charge is 0.344 e. The number of nitrogens with zero attached hydrogens (tertiary/aromatic N) is 2. The van der Waals surface area contributed by atoms with Gasteiger partial charge in [0.15, 0.2) is 0 Å². The van der Waals surface area contributed by atoms with E-state index in [1.807, 2.05) is 19.0 Å². The number of carbonyl (C=O) groups is 1. The second kappa shape index (κ2) is 6.86. The van der Waals surface area contributed by atoms with Gasteiger partial charge in [-0.15, -0.1) is 0 Å². The molecular formula is C12H25N3O. The van der Waals surface area contributed by atoms with E-state index in [0.717, 1.165) is 19.5 Å². The molecule has 4 heteroatoms. The third-order valence-electron chi connectivity index (χ3n) is 3.40. The summed E-state index contributed by atoms with van der Waals surface area (Å²) < 4.78 is 0. The molecule has 1 fully saturated rings. The summed E-state index contributed by atoms with van der Waals surface area (Å²) in [5, 5.41) is 3.06. The van der Waals surface area contributed by atoms with Crippen LogP contribution < -0.4 is 5.32 Å². The van der Waals surface area contributed by atoms with Crippen molar-refractivity contribution < 1.29 is 4.79 Å². The maximum absolute atomic E-state index is 11.8. The number of amides is 1. The first-order chi connectivity index (χ1) is 7.65. The number of rotatable bonds is 6. The third-order valence-corrected chi connectivity index (χ3v) is 3.40. The van der Waals surface area contributed by atoms with Crippen molar-refractivity contribution >= 4 is 5.91 Å². The first kappa shape index (κ1) is 13.5. The molecule has 1 unspecified atom stereocenters. The first-order valence-corrected chi connectivity index (χ1v) is 6.24. The van der Waals surface area contributed by atoms with Crippen LogP contribution in [0, 0.1) is 0 Å². The SMILES string of the molecule is CNCCCC(=O)N(C)CC1CCCN1C. The maximum Gasteiger partial charge on any atom is 0.222 e. The highest BCUT2D eigenvalue weighted by Gasteiger charge is 2.23. The van der Waals surface area contributed by atoms with Crippen LogP contribution in [0.3, 0.4) is 0 Å². The average molecular weight is 227 g/mol. The van der Waals surface area contributed by atoms with Crippen molar-refractivity contribution in [1.82, 2.24) is 15.1 Å². The second-order valence-corrected chi connectivity index (χ2v) is 4.76. The number of likely N-dealkylation sites (N-methyl/N-ethyl adjacent to an activating group) is 2. The lowest BCUT2D eigenvalue weighted by Crippen LogP contribution is -2.39. The average Bonchev–Trinajstić information content (AvgIpc) is 2.64. The fraction of sp³-hybridized carbons (Fsp3) is 0.917. The number of hydrogen-bond donors (Lipinski definition) is 1. The summed E-state index contributed by atoms with van der Waals surface area (Å²) in [6, 6.07) is 0.568. The van der Waals surface area contributed by atoms with Gasteiger partial charge in [-0.3, -0.25) is 4.79 Å². The molecule has 0 bridgehead atoms. The molecule has 1 saturated heterocycles. The Balaban J connectivity index is 2.22. The Labute approximate surface area is 99.0 Å². The molecule has 0 aromatic heterocycles. The van der Waals surface area contributed by atoms with Crippen LogP contribution >= 0.6 is 0 Å². The van der Waals surface area contributed by atoms with Gasteiger partial charge in [-0.1, -0.05) is 0 Å². The molecule has 0 spiro atoms. The van der Waals surface area contributed by atoms with Gasteiger partial charge in [-0.2, -0.15) is 0 Å². The van der Waals surface area contributed by atoms with Crippen LogP contribution in [0.4, 0.5) is 0 Å². The summed E-state index contributed by atoms with van der Waals surface area (Å²) in [5.41, 5.74) is 0. The smallest absolute Gasteiger partial charge is 0.222 e. The van der Waals surface area contributed by atoms with Crippen LogP contribution in [0.1, 0.15) is 25.7 Å². The highest BCUT2D eigenvalue weighted by Crippen LogP contribution is 2.15. The van der Waals surface area contributed by atoms with Gasteiger partial charge in [-0.25, -0.2) is 0 Å². The van der Waals surface area contributed by atoms with Gasteiger partial charge in [0.25, 0.3) is 0 Å². The standard InChI is InChI=1S/C12H25N3O/c1-13-8-4-7-12(16)15(3)10-11-6-5-9-14(11)2/h11,13H,4-10H2,1-3H3. The molecule has 0 aromatic carbocycles. The summed E-state index contributed by atoms with van der Waals surface area (Å²) in [5.74, 6) is 0.274. The van der Waals surface area contributed by atoms with Gasteiger partial charge in [0.2, 0.25) is 5.91 Å². The van der Waals surface area contributed by atoms with Crippen molar-refractivity contribution in [3.8, 4) is 0 Å². The Morgan fingerprint density at radius 3 is 2.88 bits per heavy atom. The minimum atomic E-state index is 0.274.